The molecule has 0 spiro atoms. The fraction of sp³-hybridized carbons (Fsp3) is 0.867. The summed E-state index contributed by atoms with van der Waals surface area (Å²) in [4.78, 5) is 22.9. The highest BCUT2D eigenvalue weighted by Gasteiger charge is 2.42. The molecular formula is C15H26N2O2S. The number of fused-ring (bicyclic) bond motifs is 1. The molecule has 0 saturated carbocycles. The zero-order valence-electron chi connectivity index (χ0n) is 12.3. The number of rotatable bonds is 8. The lowest BCUT2D eigenvalue weighted by atomic mass is 9.97. The molecule has 0 bridgehead atoms. The van der Waals surface area contributed by atoms with Crippen LogP contribution in [0.1, 0.15) is 51.9 Å². The molecule has 2 N–H and O–H groups in total. The zero-order chi connectivity index (χ0) is 14.4. The Kier molecular flexibility index (Phi) is 6.20. The van der Waals surface area contributed by atoms with Gasteiger partial charge in [-0.25, -0.2) is 0 Å². The molecule has 2 aliphatic rings. The molecule has 3 unspecified atom stereocenters. The van der Waals surface area contributed by atoms with Gasteiger partial charge in [-0.2, -0.15) is 11.8 Å². The van der Waals surface area contributed by atoms with Gasteiger partial charge in [-0.15, -0.1) is 0 Å². The normalized spacial score (nSPS) is 28.2. The Balaban J connectivity index is 1.55. The van der Waals surface area contributed by atoms with E-state index in [1.807, 2.05) is 11.8 Å². The molecule has 2 amide bonds. The Bertz CT molecular complexity index is 349. The first-order chi connectivity index (χ1) is 9.70. The highest BCUT2D eigenvalue weighted by Crippen LogP contribution is 2.39. The summed E-state index contributed by atoms with van der Waals surface area (Å²) < 4.78 is 0. The number of hydrogen-bond donors (Lipinski definition) is 2. The molecule has 4 nitrogen and oxygen atoms in total. The van der Waals surface area contributed by atoms with Crippen LogP contribution in [0.25, 0.3) is 0 Å². The van der Waals surface area contributed by atoms with E-state index in [0.717, 1.165) is 44.4 Å². The first kappa shape index (κ1) is 15.7. The molecule has 2 rings (SSSR count). The standard InChI is InChI=1S/C15H26N2O2S/c1-2-3-8-16-13(18)7-5-4-6-12-15-11(10-20-12)9-14(19)17-15/h11-12,15H,2-10H2,1H3,(H,16,18)(H,17,19). The summed E-state index contributed by atoms with van der Waals surface area (Å²) in [6, 6.07) is 0.394. The van der Waals surface area contributed by atoms with Crippen LogP contribution in [0.3, 0.4) is 0 Å². The van der Waals surface area contributed by atoms with Crippen LogP contribution in [-0.4, -0.2) is 35.4 Å². The van der Waals surface area contributed by atoms with Crippen molar-refractivity contribution in [1.82, 2.24) is 10.6 Å². The van der Waals surface area contributed by atoms with Crippen LogP contribution < -0.4 is 10.6 Å². The fourth-order valence-electron chi connectivity index (χ4n) is 3.02. The molecule has 0 aliphatic carbocycles. The number of unbranched alkanes of at least 4 members (excludes halogenated alkanes) is 2. The van der Waals surface area contributed by atoms with Crippen LogP contribution in [-0.2, 0) is 9.59 Å². The molecule has 20 heavy (non-hydrogen) atoms. The topological polar surface area (TPSA) is 58.2 Å². The Morgan fingerprint density at radius 2 is 2.25 bits per heavy atom. The number of hydrogen-bond acceptors (Lipinski definition) is 3. The van der Waals surface area contributed by atoms with E-state index in [9.17, 15) is 9.59 Å². The molecule has 2 fully saturated rings. The molecule has 114 valence electrons. The largest absolute Gasteiger partial charge is 0.356 e. The van der Waals surface area contributed by atoms with Crippen LogP contribution in [0.15, 0.2) is 0 Å². The minimum absolute atomic E-state index is 0.185. The summed E-state index contributed by atoms with van der Waals surface area (Å²) in [7, 11) is 0. The monoisotopic (exact) mass is 298 g/mol. The second-order valence-corrected chi connectivity index (χ2v) is 7.15. The SMILES string of the molecule is CCCCNC(=O)CCCCC1SCC2CC(=O)NC21. The molecular weight excluding hydrogens is 272 g/mol. The number of carbonyl (C=O) groups excluding carboxylic acids is 2. The quantitative estimate of drug-likeness (QED) is 0.675. The average Bonchev–Trinajstić information content (AvgIpc) is 2.95. The second-order valence-electron chi connectivity index (χ2n) is 5.88. The summed E-state index contributed by atoms with van der Waals surface area (Å²) >= 11 is 2.00. The minimum atomic E-state index is 0.185. The first-order valence-electron chi connectivity index (χ1n) is 7.88. The Labute approximate surface area is 125 Å². The van der Waals surface area contributed by atoms with Crippen LogP contribution >= 0.6 is 11.8 Å². The van der Waals surface area contributed by atoms with Crippen molar-refractivity contribution < 1.29 is 9.59 Å². The van der Waals surface area contributed by atoms with E-state index in [0.29, 0.717) is 30.1 Å². The third-order valence-corrected chi connectivity index (χ3v) is 5.78. The van der Waals surface area contributed by atoms with Crippen LogP contribution in [0.5, 0.6) is 0 Å². The van der Waals surface area contributed by atoms with E-state index in [2.05, 4.69) is 17.6 Å². The molecule has 2 aliphatic heterocycles. The number of thioether (sulfide) groups is 1. The van der Waals surface area contributed by atoms with Gasteiger partial charge in [-0.3, -0.25) is 9.59 Å². The maximum Gasteiger partial charge on any atom is 0.220 e. The zero-order valence-corrected chi connectivity index (χ0v) is 13.1. The Hall–Kier alpha value is -0.710. The van der Waals surface area contributed by atoms with Crippen molar-refractivity contribution in [2.24, 2.45) is 5.92 Å². The lowest BCUT2D eigenvalue weighted by molar-refractivity contribution is -0.121. The van der Waals surface area contributed by atoms with Gasteiger partial charge in [-0.1, -0.05) is 19.8 Å². The third kappa shape index (κ3) is 4.40. The minimum Gasteiger partial charge on any atom is -0.356 e. The second kappa shape index (κ2) is 7.91. The van der Waals surface area contributed by atoms with E-state index >= 15 is 0 Å². The van der Waals surface area contributed by atoms with Crippen LogP contribution in [0.4, 0.5) is 0 Å². The average molecular weight is 298 g/mol. The predicted octanol–water partition coefficient (Wildman–Crippen LogP) is 2.08. The third-order valence-electron chi connectivity index (χ3n) is 4.20. The molecule has 3 atom stereocenters. The van der Waals surface area contributed by atoms with E-state index in [1.54, 1.807) is 0 Å². The van der Waals surface area contributed by atoms with E-state index in [-0.39, 0.29) is 11.8 Å². The van der Waals surface area contributed by atoms with Crippen molar-refractivity contribution >= 4 is 23.6 Å². The predicted molar refractivity (Wildman–Crippen MR) is 82.7 cm³/mol. The van der Waals surface area contributed by atoms with E-state index < -0.39 is 0 Å². The number of nitrogens with one attached hydrogen (secondary N) is 2. The highest BCUT2D eigenvalue weighted by molar-refractivity contribution is 8.00. The van der Waals surface area contributed by atoms with Crippen molar-refractivity contribution in [3.8, 4) is 0 Å². The molecule has 0 aromatic heterocycles. The molecule has 0 aromatic rings. The van der Waals surface area contributed by atoms with Crippen molar-refractivity contribution in [1.29, 1.82) is 0 Å². The summed E-state index contributed by atoms with van der Waals surface area (Å²) in [5, 5.41) is 6.63. The summed E-state index contributed by atoms with van der Waals surface area (Å²) in [5.74, 6) is 2.07. The van der Waals surface area contributed by atoms with Gasteiger partial charge >= 0.3 is 0 Å². The lowest BCUT2D eigenvalue weighted by Gasteiger charge is -2.17. The van der Waals surface area contributed by atoms with Gasteiger partial charge < -0.3 is 10.6 Å². The van der Waals surface area contributed by atoms with Crippen molar-refractivity contribution in [2.45, 2.75) is 63.2 Å². The Morgan fingerprint density at radius 1 is 1.40 bits per heavy atom. The van der Waals surface area contributed by atoms with Crippen LogP contribution in [0, 0.1) is 5.92 Å². The van der Waals surface area contributed by atoms with Gasteiger partial charge in [0.25, 0.3) is 0 Å². The summed E-state index contributed by atoms with van der Waals surface area (Å²) in [5.41, 5.74) is 0. The van der Waals surface area contributed by atoms with Gasteiger partial charge in [0, 0.05) is 30.7 Å². The van der Waals surface area contributed by atoms with E-state index in [4.69, 9.17) is 0 Å². The molecule has 5 heteroatoms. The van der Waals surface area contributed by atoms with Gasteiger partial charge in [-0.05, 0) is 30.9 Å². The maximum absolute atomic E-state index is 11.6. The highest BCUT2D eigenvalue weighted by atomic mass is 32.2. The smallest absolute Gasteiger partial charge is 0.220 e. The Morgan fingerprint density at radius 3 is 3.05 bits per heavy atom. The van der Waals surface area contributed by atoms with Gasteiger partial charge in [0.15, 0.2) is 0 Å². The van der Waals surface area contributed by atoms with Crippen LogP contribution in [0.2, 0.25) is 0 Å². The number of amides is 2. The molecule has 2 heterocycles. The van der Waals surface area contributed by atoms with E-state index in [1.165, 1.54) is 0 Å². The van der Waals surface area contributed by atoms with Crippen molar-refractivity contribution in [2.75, 3.05) is 12.3 Å². The lowest BCUT2D eigenvalue weighted by Crippen LogP contribution is -2.34. The summed E-state index contributed by atoms with van der Waals surface area (Å²) in [6.07, 6.45) is 6.70. The molecule has 0 radical (unpaired) electrons. The fourth-order valence-corrected chi connectivity index (χ4v) is 4.68. The van der Waals surface area contributed by atoms with Gasteiger partial charge in [0.2, 0.25) is 11.8 Å². The van der Waals surface area contributed by atoms with Gasteiger partial charge in [0.1, 0.15) is 0 Å². The number of carbonyl (C=O) groups is 2. The molecule has 0 aromatic carbocycles. The first-order valence-corrected chi connectivity index (χ1v) is 8.93. The van der Waals surface area contributed by atoms with Crippen molar-refractivity contribution in [3.05, 3.63) is 0 Å². The van der Waals surface area contributed by atoms with Crippen molar-refractivity contribution in [3.63, 3.8) is 0 Å². The van der Waals surface area contributed by atoms with Gasteiger partial charge in [0.05, 0.1) is 0 Å². The maximum atomic E-state index is 11.6. The molecule has 2 saturated heterocycles. The summed E-state index contributed by atoms with van der Waals surface area (Å²) in [6.45, 7) is 2.93.